The predicted octanol–water partition coefficient (Wildman–Crippen LogP) is 1.33. The van der Waals surface area contributed by atoms with E-state index in [1.165, 1.54) is 12.1 Å². The first-order valence-corrected chi connectivity index (χ1v) is 11.3. The van der Waals surface area contributed by atoms with Crippen LogP contribution in [0.4, 0.5) is 13.2 Å². The lowest BCUT2D eigenvalue weighted by Gasteiger charge is -2.40. The highest BCUT2D eigenvalue weighted by atomic mass is 19.4. The molecule has 4 atom stereocenters. The largest absolute Gasteiger partial charge is 0.473 e. The quantitative estimate of drug-likeness (QED) is 0.481. The van der Waals surface area contributed by atoms with E-state index in [2.05, 4.69) is 4.99 Å². The van der Waals surface area contributed by atoms with Crippen LogP contribution in [-0.4, -0.2) is 64.6 Å². The van der Waals surface area contributed by atoms with Gasteiger partial charge in [0.1, 0.15) is 5.84 Å². The molecule has 4 N–H and O–H groups in total. The number of alkyl halides is 3. The molecule has 12 heteroatoms. The molecule has 9 nitrogen and oxygen atoms in total. The summed E-state index contributed by atoms with van der Waals surface area (Å²) in [4.78, 5) is 54.8. The molecule has 1 saturated heterocycles. The second-order valence-corrected chi connectivity index (χ2v) is 9.39. The third-order valence-corrected chi connectivity index (χ3v) is 7.33. The van der Waals surface area contributed by atoms with E-state index in [1.807, 2.05) is 0 Å². The molecule has 1 aromatic carbocycles. The standard InChI is InChI=1S/C23H26F3N5O4/c1-30-17(32)9-16(20(28)33)18(30)11-3-2-4-14(7-11)31-10-13-6-5-12(8-15(13)21(31)34)19(27)29-22(35)23(24,25)26/h5-6,8,11,14,16,18H,2-4,7,9-10H2,1H3,(H2,28,33)(H2,27,29,35)/t11?,14-,16?,18?/m1/s1. The minimum atomic E-state index is -5.14. The molecule has 35 heavy (non-hydrogen) atoms. The van der Waals surface area contributed by atoms with Crippen LogP contribution in [0, 0.1) is 11.8 Å². The van der Waals surface area contributed by atoms with Gasteiger partial charge in [0.05, 0.1) is 5.92 Å². The summed E-state index contributed by atoms with van der Waals surface area (Å²) in [7, 11) is 1.67. The lowest BCUT2D eigenvalue weighted by Crippen LogP contribution is -2.47. The lowest BCUT2D eigenvalue weighted by molar-refractivity contribution is -0.169. The smallest absolute Gasteiger partial charge is 0.383 e. The fourth-order valence-corrected chi connectivity index (χ4v) is 5.61. The maximum absolute atomic E-state index is 13.2. The zero-order valence-electron chi connectivity index (χ0n) is 19.0. The van der Waals surface area contributed by atoms with E-state index < -0.39 is 29.7 Å². The summed E-state index contributed by atoms with van der Waals surface area (Å²) in [5, 5.41) is 0. The molecule has 2 heterocycles. The number of primary amides is 1. The Morgan fingerprint density at radius 3 is 2.51 bits per heavy atom. The van der Waals surface area contributed by atoms with Crippen molar-refractivity contribution in [1.29, 1.82) is 0 Å². The van der Waals surface area contributed by atoms with Gasteiger partial charge in [-0.15, -0.1) is 0 Å². The average molecular weight is 493 g/mol. The van der Waals surface area contributed by atoms with Crippen LogP contribution < -0.4 is 11.5 Å². The molecule has 3 aliphatic rings. The Morgan fingerprint density at radius 2 is 1.86 bits per heavy atom. The van der Waals surface area contributed by atoms with Crippen LogP contribution in [0.1, 0.15) is 53.6 Å². The minimum absolute atomic E-state index is 0.00549. The third kappa shape index (κ3) is 4.61. The average Bonchev–Trinajstić information content (AvgIpc) is 3.29. The highest BCUT2D eigenvalue weighted by Crippen LogP contribution is 2.40. The first kappa shape index (κ1) is 24.7. The maximum atomic E-state index is 13.2. The van der Waals surface area contributed by atoms with E-state index >= 15 is 0 Å². The number of amides is 4. The number of nitrogens with zero attached hydrogens (tertiary/aromatic N) is 3. The number of hydrogen-bond donors (Lipinski definition) is 2. The van der Waals surface area contributed by atoms with Crippen LogP contribution in [0.2, 0.25) is 0 Å². The van der Waals surface area contributed by atoms with Gasteiger partial charge < -0.3 is 21.3 Å². The van der Waals surface area contributed by atoms with Crippen molar-refractivity contribution in [2.75, 3.05) is 7.05 Å². The molecule has 4 rings (SSSR count). The van der Waals surface area contributed by atoms with Crippen molar-refractivity contribution in [1.82, 2.24) is 9.80 Å². The minimum Gasteiger partial charge on any atom is -0.383 e. The number of amidine groups is 1. The number of carbonyl (C=O) groups is 4. The highest BCUT2D eigenvalue weighted by molar-refractivity contribution is 6.07. The number of nitrogens with two attached hydrogens (primary N) is 2. The first-order chi connectivity index (χ1) is 16.4. The number of rotatable bonds is 4. The van der Waals surface area contributed by atoms with Crippen LogP contribution in [0.25, 0.3) is 0 Å². The summed E-state index contributed by atoms with van der Waals surface area (Å²) in [6.45, 7) is 0.322. The Hall–Kier alpha value is -3.44. The number of carbonyl (C=O) groups excluding carboxylic acids is 4. The molecule has 4 amide bonds. The summed E-state index contributed by atoms with van der Waals surface area (Å²) < 4.78 is 37.5. The van der Waals surface area contributed by atoms with Crippen LogP contribution in [0.15, 0.2) is 23.2 Å². The number of benzene rings is 1. The summed E-state index contributed by atoms with van der Waals surface area (Å²) in [6.07, 6.45) is -2.09. The van der Waals surface area contributed by atoms with Gasteiger partial charge in [0, 0.05) is 43.2 Å². The van der Waals surface area contributed by atoms with Gasteiger partial charge in [0.2, 0.25) is 11.8 Å². The van der Waals surface area contributed by atoms with E-state index in [-0.39, 0.29) is 41.8 Å². The van der Waals surface area contributed by atoms with Gasteiger partial charge in [-0.3, -0.25) is 19.2 Å². The zero-order chi connectivity index (χ0) is 25.7. The molecule has 0 bridgehead atoms. The topological polar surface area (TPSA) is 139 Å². The molecule has 2 fully saturated rings. The number of hydrogen-bond acceptors (Lipinski definition) is 4. The zero-order valence-corrected chi connectivity index (χ0v) is 19.0. The summed E-state index contributed by atoms with van der Waals surface area (Å²) in [5.74, 6) is -4.41. The molecule has 0 aromatic heterocycles. The van der Waals surface area contributed by atoms with Crippen LogP contribution in [0.5, 0.6) is 0 Å². The number of fused-ring (bicyclic) bond motifs is 1. The summed E-state index contributed by atoms with van der Waals surface area (Å²) >= 11 is 0. The van der Waals surface area contributed by atoms with Crippen molar-refractivity contribution < 1.29 is 32.3 Å². The number of likely N-dealkylation sites (tertiary alicyclic amines) is 1. The van der Waals surface area contributed by atoms with Gasteiger partial charge in [-0.05, 0) is 36.8 Å². The van der Waals surface area contributed by atoms with Gasteiger partial charge in [0.15, 0.2) is 0 Å². The Balaban J connectivity index is 1.52. The molecular formula is C23H26F3N5O4. The van der Waals surface area contributed by atoms with Gasteiger partial charge in [0.25, 0.3) is 5.91 Å². The van der Waals surface area contributed by atoms with Crippen LogP contribution in [-0.2, 0) is 20.9 Å². The van der Waals surface area contributed by atoms with Crippen molar-refractivity contribution in [3.05, 3.63) is 34.9 Å². The molecule has 0 radical (unpaired) electrons. The second-order valence-electron chi connectivity index (χ2n) is 9.39. The third-order valence-electron chi connectivity index (χ3n) is 7.33. The van der Waals surface area contributed by atoms with Crippen molar-refractivity contribution in [3.63, 3.8) is 0 Å². The molecule has 3 unspecified atom stereocenters. The molecule has 1 saturated carbocycles. The lowest BCUT2D eigenvalue weighted by atomic mass is 9.76. The number of halogens is 3. The van der Waals surface area contributed by atoms with Crippen molar-refractivity contribution in [3.8, 4) is 0 Å². The molecule has 1 aliphatic carbocycles. The van der Waals surface area contributed by atoms with Gasteiger partial charge in [-0.1, -0.05) is 18.6 Å². The van der Waals surface area contributed by atoms with E-state index in [9.17, 15) is 32.3 Å². The normalized spacial score (nSPS) is 27.4. The van der Waals surface area contributed by atoms with Crippen LogP contribution in [0.3, 0.4) is 0 Å². The fraction of sp³-hybridized carbons (Fsp3) is 0.522. The van der Waals surface area contributed by atoms with Crippen LogP contribution >= 0.6 is 0 Å². The van der Waals surface area contributed by atoms with E-state index in [0.717, 1.165) is 19.3 Å². The SMILES string of the molecule is CN1C(=O)CC(C(N)=O)C1C1CCC[C@@H](N2Cc3ccc(C(N)=NC(=O)C(F)(F)F)cc3C2=O)C1. The van der Waals surface area contributed by atoms with Crippen molar-refractivity contribution in [2.24, 2.45) is 28.3 Å². The molecular weight excluding hydrogens is 467 g/mol. The highest BCUT2D eigenvalue weighted by Gasteiger charge is 2.47. The number of aliphatic imine (C=N–C) groups is 1. The van der Waals surface area contributed by atoms with Gasteiger partial charge in [-0.25, -0.2) is 0 Å². The fourth-order valence-electron chi connectivity index (χ4n) is 5.61. The Kier molecular flexibility index (Phi) is 6.32. The Bertz CT molecular complexity index is 1120. The Labute approximate surface area is 199 Å². The molecule has 188 valence electrons. The monoisotopic (exact) mass is 493 g/mol. The second kappa shape index (κ2) is 8.97. The van der Waals surface area contributed by atoms with E-state index in [0.29, 0.717) is 24.1 Å². The molecule has 0 spiro atoms. The Morgan fingerprint density at radius 1 is 1.14 bits per heavy atom. The molecule has 1 aromatic rings. The summed E-state index contributed by atoms with van der Waals surface area (Å²) in [5.41, 5.74) is 12.2. The maximum Gasteiger partial charge on any atom is 0.473 e. The van der Waals surface area contributed by atoms with Gasteiger partial charge in [-0.2, -0.15) is 18.2 Å². The first-order valence-electron chi connectivity index (χ1n) is 11.3. The van der Waals surface area contributed by atoms with Crippen molar-refractivity contribution in [2.45, 2.75) is 56.9 Å². The predicted molar refractivity (Wildman–Crippen MR) is 118 cm³/mol. The summed E-state index contributed by atoms with van der Waals surface area (Å²) in [6, 6.07) is 3.94. The van der Waals surface area contributed by atoms with E-state index in [1.54, 1.807) is 22.9 Å². The van der Waals surface area contributed by atoms with E-state index in [4.69, 9.17) is 11.5 Å². The van der Waals surface area contributed by atoms with Gasteiger partial charge >= 0.3 is 12.1 Å². The molecule has 2 aliphatic heterocycles. The van der Waals surface area contributed by atoms with Crippen molar-refractivity contribution >= 4 is 29.5 Å².